The van der Waals surface area contributed by atoms with Gasteiger partial charge in [0.1, 0.15) is 6.61 Å². The monoisotopic (exact) mass is 286 g/mol. The summed E-state index contributed by atoms with van der Waals surface area (Å²) in [5.41, 5.74) is 10.6. The summed E-state index contributed by atoms with van der Waals surface area (Å²) in [6.07, 6.45) is 0.776. The van der Waals surface area contributed by atoms with E-state index in [1.165, 1.54) is 6.07 Å². The van der Waals surface area contributed by atoms with Crippen molar-refractivity contribution in [2.45, 2.75) is 6.42 Å². The summed E-state index contributed by atoms with van der Waals surface area (Å²) in [4.78, 5) is 11.1. The number of rotatable bonds is 9. The third-order valence-electron chi connectivity index (χ3n) is 2.49. The first-order valence-corrected chi connectivity index (χ1v) is 6.14. The summed E-state index contributed by atoms with van der Waals surface area (Å²) in [7, 11) is 1.61. The Hall–Kier alpha value is -1.86. The molecule has 0 aliphatic rings. The van der Waals surface area contributed by atoms with Crippen molar-refractivity contribution in [3.8, 4) is 5.75 Å². The average molecular weight is 286 g/mol. The highest BCUT2D eigenvalue weighted by Gasteiger charge is 2.12. The molecule has 1 rings (SSSR count). The molecule has 0 saturated carbocycles. The van der Waals surface area contributed by atoms with Gasteiger partial charge in [-0.15, -0.1) is 0 Å². The summed E-state index contributed by atoms with van der Waals surface area (Å²) < 4.78 is 28.9. The van der Waals surface area contributed by atoms with E-state index in [9.17, 15) is 9.18 Å². The predicted octanol–water partition coefficient (Wildman–Crippen LogP) is 0.939. The largest absolute Gasteiger partial charge is 0.488 e. The minimum atomic E-state index is -0.733. The Morgan fingerprint density at radius 3 is 2.65 bits per heavy atom. The maximum atomic E-state index is 13.6. The highest BCUT2D eigenvalue weighted by molar-refractivity contribution is 5.98. The topological polar surface area (TPSA) is 96.8 Å². The standard InChI is InChI=1S/C13H19FN2O4/c1-18-3-2-4-19-5-6-20-12-7-9(13(16)17)11(15)8-10(12)14/h7-8H,2-6,15H2,1H3,(H2,16,17). The Balaban J connectivity index is 2.44. The molecule has 7 heteroatoms. The smallest absolute Gasteiger partial charge is 0.250 e. The third kappa shape index (κ3) is 5.02. The lowest BCUT2D eigenvalue weighted by atomic mass is 10.1. The van der Waals surface area contributed by atoms with E-state index in [4.69, 9.17) is 25.7 Å². The molecule has 0 aromatic heterocycles. The number of nitrogens with two attached hydrogens (primary N) is 2. The van der Waals surface area contributed by atoms with Crippen LogP contribution in [0.25, 0.3) is 0 Å². The molecule has 4 N–H and O–H groups in total. The first kappa shape index (κ1) is 16.2. The summed E-state index contributed by atoms with van der Waals surface area (Å²) in [6.45, 7) is 1.62. The quantitative estimate of drug-likeness (QED) is 0.520. The van der Waals surface area contributed by atoms with E-state index in [1.807, 2.05) is 0 Å². The van der Waals surface area contributed by atoms with Crippen LogP contribution in [0.4, 0.5) is 10.1 Å². The zero-order valence-corrected chi connectivity index (χ0v) is 11.4. The van der Waals surface area contributed by atoms with Crippen LogP contribution in [-0.4, -0.2) is 39.4 Å². The number of carbonyl (C=O) groups is 1. The summed E-state index contributed by atoms with van der Waals surface area (Å²) in [5.74, 6) is -1.46. The number of amides is 1. The molecule has 0 bridgehead atoms. The first-order chi connectivity index (χ1) is 9.56. The highest BCUT2D eigenvalue weighted by atomic mass is 19.1. The predicted molar refractivity (Wildman–Crippen MR) is 72.1 cm³/mol. The Morgan fingerprint density at radius 2 is 2.00 bits per heavy atom. The second-order valence-electron chi connectivity index (χ2n) is 4.04. The number of carbonyl (C=O) groups excluding carboxylic acids is 1. The van der Waals surface area contributed by atoms with Gasteiger partial charge >= 0.3 is 0 Å². The number of primary amides is 1. The van der Waals surface area contributed by atoms with E-state index in [2.05, 4.69) is 0 Å². The molecular weight excluding hydrogens is 267 g/mol. The van der Waals surface area contributed by atoms with Crippen LogP contribution < -0.4 is 16.2 Å². The minimum absolute atomic E-state index is 0.0156. The van der Waals surface area contributed by atoms with E-state index in [1.54, 1.807) is 7.11 Å². The normalized spacial score (nSPS) is 10.5. The zero-order chi connectivity index (χ0) is 15.0. The van der Waals surface area contributed by atoms with Gasteiger partial charge in [0.25, 0.3) is 5.91 Å². The van der Waals surface area contributed by atoms with Crippen LogP contribution in [0.5, 0.6) is 5.75 Å². The van der Waals surface area contributed by atoms with E-state index in [-0.39, 0.29) is 23.6 Å². The summed E-state index contributed by atoms with van der Waals surface area (Å²) in [5, 5.41) is 0. The lowest BCUT2D eigenvalue weighted by Gasteiger charge is -2.10. The highest BCUT2D eigenvalue weighted by Crippen LogP contribution is 2.23. The van der Waals surface area contributed by atoms with Crippen molar-refractivity contribution in [2.75, 3.05) is 39.3 Å². The molecule has 6 nitrogen and oxygen atoms in total. The Bertz CT molecular complexity index is 454. The number of anilines is 1. The second-order valence-corrected chi connectivity index (χ2v) is 4.04. The molecule has 0 aliphatic heterocycles. The van der Waals surface area contributed by atoms with Crippen molar-refractivity contribution in [3.05, 3.63) is 23.5 Å². The van der Waals surface area contributed by atoms with Gasteiger partial charge in [0.05, 0.1) is 12.2 Å². The van der Waals surface area contributed by atoms with Crippen LogP contribution in [0.1, 0.15) is 16.8 Å². The molecule has 0 atom stereocenters. The summed E-state index contributed by atoms with van der Waals surface area (Å²) >= 11 is 0. The van der Waals surface area contributed by atoms with Gasteiger partial charge in [0.15, 0.2) is 11.6 Å². The van der Waals surface area contributed by atoms with Gasteiger partial charge in [-0.05, 0) is 12.5 Å². The van der Waals surface area contributed by atoms with Crippen LogP contribution in [0.3, 0.4) is 0 Å². The Kier molecular flexibility index (Phi) is 6.75. The number of methoxy groups -OCH3 is 1. The van der Waals surface area contributed by atoms with Gasteiger partial charge in [-0.2, -0.15) is 0 Å². The molecule has 0 spiro atoms. The Labute approximate surface area is 116 Å². The number of ether oxygens (including phenoxy) is 3. The summed E-state index contributed by atoms with van der Waals surface area (Å²) in [6, 6.07) is 2.20. The van der Waals surface area contributed by atoms with E-state index in [0.29, 0.717) is 19.8 Å². The fourth-order valence-corrected chi connectivity index (χ4v) is 1.51. The molecule has 0 radical (unpaired) electrons. The number of hydrogen-bond donors (Lipinski definition) is 2. The van der Waals surface area contributed by atoms with Crippen LogP contribution in [0, 0.1) is 5.82 Å². The molecule has 0 aliphatic carbocycles. The Morgan fingerprint density at radius 1 is 1.25 bits per heavy atom. The molecule has 112 valence electrons. The number of hydrogen-bond acceptors (Lipinski definition) is 5. The van der Waals surface area contributed by atoms with Gasteiger partial charge in [-0.25, -0.2) is 4.39 Å². The van der Waals surface area contributed by atoms with E-state index in [0.717, 1.165) is 12.5 Å². The van der Waals surface area contributed by atoms with Crippen molar-refractivity contribution in [2.24, 2.45) is 5.73 Å². The van der Waals surface area contributed by atoms with Gasteiger partial charge in [-0.1, -0.05) is 0 Å². The molecule has 0 unspecified atom stereocenters. The maximum absolute atomic E-state index is 13.6. The molecule has 1 aromatic carbocycles. The van der Waals surface area contributed by atoms with E-state index >= 15 is 0 Å². The van der Waals surface area contributed by atoms with Crippen LogP contribution in [0.15, 0.2) is 12.1 Å². The first-order valence-electron chi connectivity index (χ1n) is 6.14. The molecule has 0 fully saturated rings. The maximum Gasteiger partial charge on any atom is 0.250 e. The van der Waals surface area contributed by atoms with Crippen molar-refractivity contribution >= 4 is 11.6 Å². The SMILES string of the molecule is COCCCOCCOc1cc(C(N)=O)c(N)cc1F. The molecule has 0 heterocycles. The third-order valence-corrected chi connectivity index (χ3v) is 2.49. The van der Waals surface area contributed by atoms with Crippen molar-refractivity contribution in [3.63, 3.8) is 0 Å². The van der Waals surface area contributed by atoms with Crippen molar-refractivity contribution < 1.29 is 23.4 Å². The van der Waals surface area contributed by atoms with Gasteiger partial charge in [-0.3, -0.25) is 4.79 Å². The van der Waals surface area contributed by atoms with Crippen molar-refractivity contribution in [1.29, 1.82) is 0 Å². The molecule has 0 saturated heterocycles. The lowest BCUT2D eigenvalue weighted by molar-refractivity contribution is 0.0797. The average Bonchev–Trinajstić information content (AvgIpc) is 2.39. The zero-order valence-electron chi connectivity index (χ0n) is 11.4. The number of nitrogen functional groups attached to an aromatic ring is 1. The molecule has 1 amide bonds. The fourth-order valence-electron chi connectivity index (χ4n) is 1.51. The number of halogens is 1. The molecule has 1 aromatic rings. The van der Waals surface area contributed by atoms with Gasteiger partial charge in [0, 0.05) is 32.1 Å². The van der Waals surface area contributed by atoms with Crippen LogP contribution >= 0.6 is 0 Å². The fraction of sp³-hybridized carbons (Fsp3) is 0.462. The van der Waals surface area contributed by atoms with Crippen LogP contribution in [0.2, 0.25) is 0 Å². The minimum Gasteiger partial charge on any atom is -0.488 e. The van der Waals surface area contributed by atoms with Gasteiger partial charge < -0.3 is 25.7 Å². The lowest BCUT2D eigenvalue weighted by Crippen LogP contribution is -2.15. The molecular formula is C13H19FN2O4. The van der Waals surface area contributed by atoms with Gasteiger partial charge in [0.2, 0.25) is 0 Å². The van der Waals surface area contributed by atoms with Crippen molar-refractivity contribution in [1.82, 2.24) is 0 Å². The van der Waals surface area contributed by atoms with E-state index < -0.39 is 11.7 Å². The molecule has 20 heavy (non-hydrogen) atoms. The second kappa shape index (κ2) is 8.34. The van der Waals surface area contributed by atoms with Crippen LogP contribution in [-0.2, 0) is 9.47 Å². The number of benzene rings is 1.